The van der Waals surface area contributed by atoms with Crippen molar-refractivity contribution < 1.29 is 14.8 Å². The third-order valence-corrected chi connectivity index (χ3v) is 7.14. The number of nitrogens with two attached hydrogens (primary N) is 1. The van der Waals surface area contributed by atoms with E-state index in [1.165, 1.54) is 38.5 Å². The van der Waals surface area contributed by atoms with E-state index in [9.17, 15) is 4.79 Å². The lowest BCUT2D eigenvalue weighted by atomic mass is 9.49. The molecule has 4 fully saturated rings. The monoisotopic (exact) mass is 377 g/mol. The van der Waals surface area contributed by atoms with Crippen LogP contribution in [-0.4, -0.2) is 25.6 Å². The maximum atomic E-state index is 12.7. The Morgan fingerprint density at radius 1 is 1.27 bits per heavy atom. The number of carbonyl (C=O) groups is 1. The van der Waals surface area contributed by atoms with Crippen LogP contribution in [0, 0.1) is 23.2 Å². The van der Waals surface area contributed by atoms with E-state index in [0.29, 0.717) is 21.9 Å². The maximum Gasteiger partial charge on any atom is 0.282 e. The number of benzene rings is 1. The van der Waals surface area contributed by atoms with Crippen molar-refractivity contribution in [3.05, 3.63) is 23.2 Å². The molecule has 1 atom stereocenters. The first kappa shape index (κ1) is 18.1. The fraction of sp³-hybridized carbons (Fsp3) is 0.667. The van der Waals surface area contributed by atoms with E-state index in [2.05, 4.69) is 10.6 Å². The zero-order valence-electron chi connectivity index (χ0n) is 15.8. The van der Waals surface area contributed by atoms with Crippen molar-refractivity contribution in [1.82, 2.24) is 0 Å². The number of nitrogens with one attached hydrogen (secondary N) is 1. The number of hydrogen-bond acceptors (Lipinski definition) is 2. The SMILES string of the molecule is COc1ccc(Cl)cc1NC(=O)[C@H](C)[NH2+]CC12CC3CC(CC(C3)C1)C2. The van der Waals surface area contributed by atoms with Crippen LogP contribution in [0.25, 0.3) is 0 Å². The minimum Gasteiger partial charge on any atom is -0.495 e. The molecule has 1 amide bonds. The van der Waals surface area contributed by atoms with Crippen LogP contribution in [-0.2, 0) is 4.79 Å². The molecule has 5 rings (SSSR count). The molecule has 0 heterocycles. The summed E-state index contributed by atoms with van der Waals surface area (Å²) in [6, 6.07) is 5.16. The quantitative estimate of drug-likeness (QED) is 0.797. The number of hydrogen-bond donors (Lipinski definition) is 2. The van der Waals surface area contributed by atoms with Gasteiger partial charge in [-0.3, -0.25) is 4.79 Å². The van der Waals surface area contributed by atoms with Crippen molar-refractivity contribution in [2.24, 2.45) is 23.2 Å². The molecule has 26 heavy (non-hydrogen) atoms. The van der Waals surface area contributed by atoms with Crippen LogP contribution < -0.4 is 15.4 Å². The smallest absolute Gasteiger partial charge is 0.282 e. The number of rotatable bonds is 6. The van der Waals surface area contributed by atoms with E-state index in [4.69, 9.17) is 16.3 Å². The summed E-state index contributed by atoms with van der Waals surface area (Å²) in [6.45, 7) is 3.07. The highest BCUT2D eigenvalue weighted by atomic mass is 35.5. The fourth-order valence-electron chi connectivity index (χ4n) is 6.10. The lowest BCUT2D eigenvalue weighted by molar-refractivity contribution is -0.686. The Kier molecular flexibility index (Phi) is 4.91. The number of halogens is 1. The molecule has 0 radical (unpaired) electrons. The Labute approximate surface area is 161 Å². The second-order valence-electron chi connectivity index (χ2n) is 8.98. The lowest BCUT2D eigenvalue weighted by Crippen LogP contribution is -2.94. The second kappa shape index (κ2) is 7.05. The predicted octanol–water partition coefficient (Wildman–Crippen LogP) is 3.46. The molecule has 0 aromatic heterocycles. The van der Waals surface area contributed by atoms with Crippen LogP contribution in [0.1, 0.15) is 45.4 Å². The first-order valence-electron chi connectivity index (χ1n) is 9.94. The van der Waals surface area contributed by atoms with Crippen molar-refractivity contribution in [1.29, 1.82) is 0 Å². The van der Waals surface area contributed by atoms with E-state index < -0.39 is 0 Å². The summed E-state index contributed by atoms with van der Waals surface area (Å²) in [4.78, 5) is 12.7. The van der Waals surface area contributed by atoms with Gasteiger partial charge in [-0.25, -0.2) is 0 Å². The normalized spacial score (nSPS) is 33.1. The first-order valence-corrected chi connectivity index (χ1v) is 10.3. The number of anilines is 1. The van der Waals surface area contributed by atoms with E-state index in [1.54, 1.807) is 25.3 Å². The third kappa shape index (κ3) is 3.59. The Hall–Kier alpha value is -1.26. The maximum absolute atomic E-state index is 12.7. The van der Waals surface area contributed by atoms with Gasteiger partial charge in [-0.2, -0.15) is 0 Å². The van der Waals surface area contributed by atoms with Crippen LogP contribution in [0.3, 0.4) is 0 Å². The Morgan fingerprint density at radius 3 is 2.46 bits per heavy atom. The molecule has 4 nitrogen and oxygen atoms in total. The van der Waals surface area contributed by atoms with Crippen molar-refractivity contribution in [2.75, 3.05) is 19.0 Å². The van der Waals surface area contributed by atoms with E-state index in [-0.39, 0.29) is 11.9 Å². The number of methoxy groups -OCH3 is 1. The average Bonchev–Trinajstić information content (AvgIpc) is 2.59. The third-order valence-electron chi connectivity index (χ3n) is 6.90. The van der Waals surface area contributed by atoms with Crippen molar-refractivity contribution in [3.8, 4) is 5.75 Å². The summed E-state index contributed by atoms with van der Waals surface area (Å²) in [5.74, 6) is 3.50. The zero-order chi connectivity index (χ0) is 18.3. The van der Waals surface area contributed by atoms with Gasteiger partial charge in [0.1, 0.15) is 5.75 Å². The molecule has 0 saturated heterocycles. The molecule has 1 aromatic rings. The number of quaternary nitrogens is 1. The van der Waals surface area contributed by atoms with Gasteiger partial charge in [0.2, 0.25) is 0 Å². The molecule has 0 unspecified atom stereocenters. The van der Waals surface area contributed by atoms with E-state index >= 15 is 0 Å². The molecule has 0 spiro atoms. The highest BCUT2D eigenvalue weighted by molar-refractivity contribution is 6.31. The minimum atomic E-state index is -0.119. The topological polar surface area (TPSA) is 54.9 Å². The Morgan fingerprint density at radius 2 is 1.88 bits per heavy atom. The largest absolute Gasteiger partial charge is 0.495 e. The van der Waals surface area contributed by atoms with Gasteiger partial charge in [-0.1, -0.05) is 11.6 Å². The molecule has 4 aliphatic carbocycles. The number of ether oxygens (including phenoxy) is 1. The second-order valence-corrected chi connectivity index (χ2v) is 9.42. The molecule has 142 valence electrons. The van der Waals surface area contributed by atoms with Gasteiger partial charge in [-0.15, -0.1) is 0 Å². The summed E-state index contributed by atoms with van der Waals surface area (Å²) in [5, 5.41) is 5.82. The van der Waals surface area contributed by atoms with Gasteiger partial charge >= 0.3 is 0 Å². The standard InChI is InChI=1S/C21H29ClN2O2/c1-13(20(25)24-18-8-17(22)3-4-19(18)26-2)23-12-21-9-14-5-15(10-21)7-16(6-14)11-21/h3-4,8,13-16,23H,5-7,9-12H2,1-2H3,(H,24,25)/p+1/t13-,14?,15?,16?,21?/m0/s1. The highest BCUT2D eigenvalue weighted by Crippen LogP contribution is 2.59. The molecule has 0 aliphatic heterocycles. The molecule has 4 saturated carbocycles. The minimum absolute atomic E-state index is 0.00953. The molecule has 3 N–H and O–H groups in total. The fourth-order valence-corrected chi connectivity index (χ4v) is 6.27. The summed E-state index contributed by atoms with van der Waals surface area (Å²) < 4.78 is 5.32. The summed E-state index contributed by atoms with van der Waals surface area (Å²) in [6.07, 6.45) is 8.53. The summed E-state index contributed by atoms with van der Waals surface area (Å²) >= 11 is 6.06. The van der Waals surface area contributed by atoms with Crippen molar-refractivity contribution in [3.63, 3.8) is 0 Å². The van der Waals surface area contributed by atoms with Crippen LogP contribution in [0.15, 0.2) is 18.2 Å². The van der Waals surface area contributed by atoms with Crippen LogP contribution in [0.5, 0.6) is 5.75 Å². The Balaban J connectivity index is 1.36. The lowest BCUT2D eigenvalue weighted by Gasteiger charge is -2.56. The first-order chi connectivity index (χ1) is 12.5. The summed E-state index contributed by atoms with van der Waals surface area (Å²) in [7, 11) is 1.60. The van der Waals surface area contributed by atoms with Gasteiger partial charge in [-0.05, 0) is 81.4 Å². The highest BCUT2D eigenvalue weighted by Gasteiger charge is 2.51. The van der Waals surface area contributed by atoms with Gasteiger partial charge in [0.15, 0.2) is 6.04 Å². The van der Waals surface area contributed by atoms with Gasteiger partial charge in [0.05, 0.1) is 19.3 Å². The molecular formula is C21H30ClN2O2+. The van der Waals surface area contributed by atoms with Crippen LogP contribution >= 0.6 is 11.6 Å². The average molecular weight is 378 g/mol. The van der Waals surface area contributed by atoms with Crippen molar-refractivity contribution >= 4 is 23.2 Å². The van der Waals surface area contributed by atoms with Crippen LogP contribution in [0.4, 0.5) is 5.69 Å². The van der Waals surface area contributed by atoms with E-state index in [1.807, 2.05) is 6.92 Å². The van der Waals surface area contributed by atoms with Crippen LogP contribution in [0.2, 0.25) is 5.02 Å². The Bertz CT molecular complexity index is 655. The van der Waals surface area contributed by atoms with Gasteiger partial charge in [0.25, 0.3) is 5.91 Å². The number of carbonyl (C=O) groups excluding carboxylic acids is 1. The molecule has 4 aliphatic rings. The predicted molar refractivity (Wildman–Crippen MR) is 103 cm³/mol. The van der Waals surface area contributed by atoms with Gasteiger partial charge in [0, 0.05) is 10.4 Å². The van der Waals surface area contributed by atoms with Gasteiger partial charge < -0.3 is 15.4 Å². The molecule has 1 aromatic carbocycles. The number of amides is 1. The summed E-state index contributed by atoms with van der Waals surface area (Å²) in [5.41, 5.74) is 1.12. The zero-order valence-corrected chi connectivity index (χ0v) is 16.5. The molecule has 5 heteroatoms. The van der Waals surface area contributed by atoms with Crippen molar-refractivity contribution in [2.45, 2.75) is 51.5 Å². The van der Waals surface area contributed by atoms with E-state index in [0.717, 1.165) is 24.3 Å². The molecule has 4 bridgehead atoms. The molecular weight excluding hydrogens is 348 g/mol.